The highest BCUT2D eigenvalue weighted by molar-refractivity contribution is 7.99. The van der Waals surface area contributed by atoms with E-state index in [-0.39, 0.29) is 17.3 Å². The molecule has 1 rings (SSSR count). The van der Waals surface area contributed by atoms with Crippen molar-refractivity contribution in [2.45, 2.75) is 17.9 Å². The molecule has 1 aromatic carbocycles. The fourth-order valence-corrected chi connectivity index (χ4v) is 2.08. The first-order chi connectivity index (χ1) is 8.04. The highest BCUT2D eigenvalue weighted by Crippen LogP contribution is 2.23. The van der Waals surface area contributed by atoms with Crippen LogP contribution >= 0.6 is 11.8 Å². The molecule has 0 fully saturated rings. The molecular formula is C11H12F2O3S. The van der Waals surface area contributed by atoms with Crippen LogP contribution in [0.5, 0.6) is 0 Å². The van der Waals surface area contributed by atoms with Gasteiger partial charge in [0.05, 0.1) is 0 Å². The zero-order chi connectivity index (χ0) is 12.8. The number of aliphatic carboxylic acids is 1. The number of rotatable bonds is 6. The van der Waals surface area contributed by atoms with Crippen molar-refractivity contribution in [2.75, 3.05) is 12.4 Å². The first-order valence-corrected chi connectivity index (χ1v) is 5.95. The SMILES string of the molecule is CCOC(CSc1ccc(F)cc1F)C(=O)O. The van der Waals surface area contributed by atoms with Crippen LogP contribution in [0.4, 0.5) is 8.78 Å². The Bertz CT molecular complexity index is 398. The van der Waals surface area contributed by atoms with E-state index in [1.807, 2.05) is 0 Å². The minimum absolute atomic E-state index is 0.0751. The summed E-state index contributed by atoms with van der Waals surface area (Å²) in [6, 6.07) is 3.17. The van der Waals surface area contributed by atoms with E-state index < -0.39 is 23.7 Å². The minimum atomic E-state index is -1.10. The largest absolute Gasteiger partial charge is 0.479 e. The van der Waals surface area contributed by atoms with E-state index in [1.54, 1.807) is 6.92 Å². The van der Waals surface area contributed by atoms with E-state index >= 15 is 0 Å². The summed E-state index contributed by atoms with van der Waals surface area (Å²) in [4.78, 5) is 11.0. The quantitative estimate of drug-likeness (QED) is 0.800. The Morgan fingerprint density at radius 3 is 2.76 bits per heavy atom. The summed E-state index contributed by atoms with van der Waals surface area (Å²) in [5, 5.41) is 8.80. The molecule has 0 amide bonds. The lowest BCUT2D eigenvalue weighted by Crippen LogP contribution is -2.26. The van der Waals surface area contributed by atoms with E-state index in [2.05, 4.69) is 0 Å². The van der Waals surface area contributed by atoms with Crippen molar-refractivity contribution in [3.63, 3.8) is 0 Å². The Balaban J connectivity index is 2.62. The monoisotopic (exact) mass is 262 g/mol. The van der Waals surface area contributed by atoms with Gasteiger partial charge in [-0.3, -0.25) is 0 Å². The van der Waals surface area contributed by atoms with Crippen molar-refractivity contribution in [3.05, 3.63) is 29.8 Å². The van der Waals surface area contributed by atoms with Crippen LogP contribution in [0, 0.1) is 11.6 Å². The van der Waals surface area contributed by atoms with Crippen molar-refractivity contribution in [2.24, 2.45) is 0 Å². The molecule has 1 unspecified atom stereocenters. The van der Waals surface area contributed by atoms with Crippen molar-refractivity contribution in [1.29, 1.82) is 0 Å². The van der Waals surface area contributed by atoms with Crippen LogP contribution in [-0.2, 0) is 9.53 Å². The number of carbonyl (C=O) groups is 1. The van der Waals surface area contributed by atoms with Gasteiger partial charge in [0.1, 0.15) is 11.6 Å². The summed E-state index contributed by atoms with van der Waals surface area (Å²) in [7, 11) is 0. The predicted molar refractivity (Wildman–Crippen MR) is 60.1 cm³/mol. The second-order valence-corrected chi connectivity index (χ2v) is 4.23. The molecular weight excluding hydrogens is 250 g/mol. The van der Waals surface area contributed by atoms with Crippen LogP contribution in [-0.4, -0.2) is 29.5 Å². The van der Waals surface area contributed by atoms with Gasteiger partial charge in [0.25, 0.3) is 0 Å². The summed E-state index contributed by atoms with van der Waals surface area (Å²) < 4.78 is 30.8. The summed E-state index contributed by atoms with van der Waals surface area (Å²) in [5.74, 6) is -2.38. The number of benzene rings is 1. The molecule has 0 bridgehead atoms. The molecule has 0 heterocycles. The average molecular weight is 262 g/mol. The van der Waals surface area contributed by atoms with Crippen LogP contribution < -0.4 is 0 Å². The second kappa shape index (κ2) is 6.56. The molecule has 0 aliphatic heterocycles. The van der Waals surface area contributed by atoms with Gasteiger partial charge in [-0.15, -0.1) is 11.8 Å². The smallest absolute Gasteiger partial charge is 0.333 e. The molecule has 1 atom stereocenters. The number of hydrogen-bond donors (Lipinski definition) is 1. The molecule has 0 radical (unpaired) electrons. The van der Waals surface area contributed by atoms with Gasteiger partial charge in [0, 0.05) is 23.3 Å². The van der Waals surface area contributed by atoms with Gasteiger partial charge < -0.3 is 9.84 Å². The Kier molecular flexibility index (Phi) is 5.37. The predicted octanol–water partition coefficient (Wildman–Crippen LogP) is 2.55. The summed E-state index contributed by atoms with van der Waals surface area (Å²) in [5.41, 5.74) is 0. The van der Waals surface area contributed by atoms with E-state index in [1.165, 1.54) is 6.07 Å². The lowest BCUT2D eigenvalue weighted by atomic mass is 10.3. The summed E-state index contributed by atoms with van der Waals surface area (Å²) in [6.07, 6.45) is -0.991. The highest BCUT2D eigenvalue weighted by Gasteiger charge is 2.18. The molecule has 17 heavy (non-hydrogen) atoms. The number of hydrogen-bond acceptors (Lipinski definition) is 3. The summed E-state index contributed by atoms with van der Waals surface area (Å²) in [6.45, 7) is 1.95. The Hall–Kier alpha value is -1.14. The molecule has 6 heteroatoms. The zero-order valence-corrected chi connectivity index (χ0v) is 9.97. The Labute approximate surface area is 102 Å². The van der Waals surface area contributed by atoms with Gasteiger partial charge in [0.2, 0.25) is 0 Å². The fourth-order valence-electron chi connectivity index (χ4n) is 1.15. The van der Waals surface area contributed by atoms with Crippen LogP contribution in [0.15, 0.2) is 23.1 Å². The molecule has 3 nitrogen and oxygen atoms in total. The third-order valence-electron chi connectivity index (χ3n) is 1.93. The third-order valence-corrected chi connectivity index (χ3v) is 3.04. The zero-order valence-electron chi connectivity index (χ0n) is 9.15. The van der Waals surface area contributed by atoms with Gasteiger partial charge in [0.15, 0.2) is 6.10 Å². The van der Waals surface area contributed by atoms with Crippen LogP contribution in [0.25, 0.3) is 0 Å². The van der Waals surface area contributed by atoms with E-state index in [9.17, 15) is 13.6 Å². The Morgan fingerprint density at radius 2 is 2.24 bits per heavy atom. The normalized spacial score (nSPS) is 12.4. The van der Waals surface area contributed by atoms with Crippen molar-refractivity contribution in [3.8, 4) is 0 Å². The first kappa shape index (κ1) is 13.9. The minimum Gasteiger partial charge on any atom is -0.479 e. The lowest BCUT2D eigenvalue weighted by molar-refractivity contribution is -0.148. The van der Waals surface area contributed by atoms with Gasteiger partial charge >= 0.3 is 5.97 Å². The first-order valence-electron chi connectivity index (χ1n) is 4.96. The molecule has 0 aliphatic carbocycles. The van der Waals surface area contributed by atoms with Gasteiger partial charge in [-0.25, -0.2) is 13.6 Å². The fraction of sp³-hybridized carbons (Fsp3) is 0.364. The maximum Gasteiger partial charge on any atom is 0.333 e. The lowest BCUT2D eigenvalue weighted by Gasteiger charge is -2.11. The molecule has 1 N–H and O–H groups in total. The molecule has 0 saturated heterocycles. The molecule has 94 valence electrons. The van der Waals surface area contributed by atoms with Gasteiger partial charge in [-0.2, -0.15) is 0 Å². The molecule has 1 aromatic rings. The van der Waals surface area contributed by atoms with E-state index in [0.717, 1.165) is 23.9 Å². The molecule has 0 aliphatic rings. The van der Waals surface area contributed by atoms with Crippen molar-refractivity contribution in [1.82, 2.24) is 0 Å². The van der Waals surface area contributed by atoms with E-state index in [0.29, 0.717) is 0 Å². The molecule has 0 aromatic heterocycles. The van der Waals surface area contributed by atoms with Crippen molar-refractivity contribution < 1.29 is 23.4 Å². The van der Waals surface area contributed by atoms with Gasteiger partial charge in [-0.1, -0.05) is 0 Å². The second-order valence-electron chi connectivity index (χ2n) is 3.17. The number of carboxylic acids is 1. The number of carboxylic acid groups (broad SMARTS) is 1. The standard InChI is InChI=1S/C11H12F2O3S/c1-2-16-9(11(14)15)6-17-10-4-3-7(12)5-8(10)13/h3-5,9H,2,6H2,1H3,(H,14,15). The highest BCUT2D eigenvalue weighted by atomic mass is 32.2. The maximum atomic E-state index is 13.2. The van der Waals surface area contributed by atoms with Crippen molar-refractivity contribution >= 4 is 17.7 Å². The Morgan fingerprint density at radius 1 is 1.53 bits per heavy atom. The third kappa shape index (κ3) is 4.32. The van der Waals surface area contributed by atoms with Gasteiger partial charge in [-0.05, 0) is 19.1 Å². The van der Waals surface area contributed by atoms with Crippen LogP contribution in [0.3, 0.4) is 0 Å². The van der Waals surface area contributed by atoms with E-state index in [4.69, 9.17) is 9.84 Å². The average Bonchev–Trinajstić information content (AvgIpc) is 2.25. The number of ether oxygens (including phenoxy) is 1. The van der Waals surface area contributed by atoms with Crippen LogP contribution in [0.2, 0.25) is 0 Å². The maximum absolute atomic E-state index is 13.2. The van der Waals surface area contributed by atoms with Crippen LogP contribution in [0.1, 0.15) is 6.92 Å². The number of halogens is 2. The molecule has 0 saturated carbocycles. The molecule has 0 spiro atoms. The summed E-state index contributed by atoms with van der Waals surface area (Å²) >= 11 is 0.985. The number of thioether (sulfide) groups is 1. The topological polar surface area (TPSA) is 46.5 Å².